The molecule has 0 fully saturated rings. The lowest BCUT2D eigenvalue weighted by Gasteiger charge is -2.25. The number of imidazole rings is 1. The van der Waals surface area contributed by atoms with E-state index in [2.05, 4.69) is 88.9 Å². The summed E-state index contributed by atoms with van der Waals surface area (Å²) >= 11 is 1.95. The van der Waals surface area contributed by atoms with Gasteiger partial charge < -0.3 is 9.97 Å². The van der Waals surface area contributed by atoms with Crippen molar-refractivity contribution >= 4 is 22.2 Å². The molecular formula is C30H33N5S. The van der Waals surface area contributed by atoms with Crippen LogP contribution in [0, 0.1) is 20.8 Å². The van der Waals surface area contributed by atoms with E-state index in [1.165, 1.54) is 54.3 Å². The minimum atomic E-state index is 0.411. The Labute approximate surface area is 216 Å². The van der Waals surface area contributed by atoms with Crippen LogP contribution < -0.4 is 0 Å². The van der Waals surface area contributed by atoms with Gasteiger partial charge in [0.15, 0.2) is 0 Å². The summed E-state index contributed by atoms with van der Waals surface area (Å²) in [6.45, 7) is 13.8. The molecule has 0 atom stereocenters. The van der Waals surface area contributed by atoms with Gasteiger partial charge in [0.05, 0.1) is 5.69 Å². The van der Waals surface area contributed by atoms with E-state index in [4.69, 9.17) is 0 Å². The number of H-pyrrole nitrogens is 2. The molecule has 0 bridgehead atoms. The normalized spacial score (nSPS) is 14.2. The van der Waals surface area contributed by atoms with Crippen molar-refractivity contribution < 1.29 is 0 Å². The number of aryl methyl sites for hydroxylation is 3. The summed E-state index contributed by atoms with van der Waals surface area (Å²) in [6, 6.07) is 13.7. The number of pyridine rings is 1. The number of nitrogens with zero attached hydrogens (tertiary/aromatic N) is 3. The Morgan fingerprint density at radius 1 is 1.00 bits per heavy atom. The number of hydrogen-bond acceptors (Lipinski definition) is 4. The minimum Gasteiger partial charge on any atom is -0.354 e. The first-order chi connectivity index (χ1) is 17.3. The molecule has 2 N–H and O–H groups in total. The number of benzene rings is 1. The number of nitrogens with one attached hydrogen (secondary N) is 2. The maximum absolute atomic E-state index is 4.58. The Kier molecular flexibility index (Phi) is 5.81. The molecule has 6 heteroatoms. The monoisotopic (exact) mass is 495 g/mol. The second kappa shape index (κ2) is 9.02. The average Bonchev–Trinajstić information content (AvgIpc) is 3.54. The van der Waals surface area contributed by atoms with Crippen LogP contribution in [0.15, 0.2) is 42.6 Å². The van der Waals surface area contributed by atoms with Gasteiger partial charge in [0.1, 0.15) is 5.82 Å². The Hall–Kier alpha value is -3.22. The zero-order chi connectivity index (χ0) is 25.0. The minimum absolute atomic E-state index is 0.411. The molecule has 5 aromatic rings. The van der Waals surface area contributed by atoms with Gasteiger partial charge in [0, 0.05) is 69.1 Å². The first-order valence-electron chi connectivity index (χ1n) is 12.8. The summed E-state index contributed by atoms with van der Waals surface area (Å²) < 4.78 is 0. The van der Waals surface area contributed by atoms with E-state index >= 15 is 0 Å². The molecule has 1 aromatic carbocycles. The van der Waals surface area contributed by atoms with Crippen molar-refractivity contribution in [3.63, 3.8) is 0 Å². The van der Waals surface area contributed by atoms with Crippen molar-refractivity contribution in [3.8, 4) is 21.7 Å². The van der Waals surface area contributed by atoms with Crippen LogP contribution in [0.5, 0.6) is 0 Å². The molecule has 4 aromatic heterocycles. The van der Waals surface area contributed by atoms with Crippen molar-refractivity contribution in [2.24, 2.45) is 0 Å². The number of aromatic amines is 2. The summed E-state index contributed by atoms with van der Waals surface area (Å²) in [5.74, 6) is 1.40. The van der Waals surface area contributed by atoms with Crippen molar-refractivity contribution in [3.05, 3.63) is 81.5 Å². The van der Waals surface area contributed by atoms with Crippen molar-refractivity contribution in [2.75, 3.05) is 6.54 Å². The molecule has 0 unspecified atom stereocenters. The summed E-state index contributed by atoms with van der Waals surface area (Å²) in [6.07, 6.45) is 3.07. The van der Waals surface area contributed by atoms with E-state index in [1.807, 2.05) is 24.5 Å². The molecule has 36 heavy (non-hydrogen) atoms. The molecule has 1 aliphatic rings. The topological polar surface area (TPSA) is 60.6 Å². The van der Waals surface area contributed by atoms with Gasteiger partial charge in [-0.25, -0.2) is 4.98 Å². The van der Waals surface area contributed by atoms with E-state index < -0.39 is 0 Å². The molecule has 1 aliphatic heterocycles. The van der Waals surface area contributed by atoms with Crippen LogP contribution >= 0.6 is 11.3 Å². The van der Waals surface area contributed by atoms with E-state index in [0.29, 0.717) is 5.92 Å². The molecule has 0 aliphatic carbocycles. The highest BCUT2D eigenvalue weighted by Crippen LogP contribution is 2.40. The molecule has 0 saturated carbocycles. The Morgan fingerprint density at radius 2 is 1.81 bits per heavy atom. The molecule has 0 radical (unpaired) electrons. The third-order valence-corrected chi connectivity index (χ3v) is 8.39. The van der Waals surface area contributed by atoms with Gasteiger partial charge in [-0.1, -0.05) is 19.9 Å². The number of rotatable bonds is 5. The van der Waals surface area contributed by atoms with Gasteiger partial charge in [-0.3, -0.25) is 9.88 Å². The van der Waals surface area contributed by atoms with E-state index in [-0.39, 0.29) is 0 Å². The van der Waals surface area contributed by atoms with Crippen molar-refractivity contribution in [1.82, 2.24) is 24.8 Å². The number of aromatic nitrogens is 4. The van der Waals surface area contributed by atoms with Gasteiger partial charge in [0.2, 0.25) is 0 Å². The second-order valence-corrected chi connectivity index (χ2v) is 11.6. The quantitative estimate of drug-likeness (QED) is 0.269. The average molecular weight is 496 g/mol. The standard InChI is InChI=1S/C30H33N5S/c1-17(2)29-25-12-21(6-7-26(25)34-30(29)23-10-18(3)32-19(4)11-23)27-13-22-8-9-35(16-28(22)36-27)15-24-14-31-20(5)33-24/h6-7,10-14,17,34H,8-9,15-16H2,1-5H3,(H,31,33). The maximum atomic E-state index is 4.58. The molecule has 184 valence electrons. The lowest BCUT2D eigenvalue weighted by atomic mass is 9.95. The zero-order valence-electron chi connectivity index (χ0n) is 21.7. The first-order valence-corrected chi connectivity index (χ1v) is 13.6. The number of fused-ring (bicyclic) bond motifs is 2. The van der Waals surface area contributed by atoms with Crippen LogP contribution in [0.25, 0.3) is 32.6 Å². The molecule has 5 heterocycles. The SMILES string of the molecule is Cc1cc(-c2[nH]c3ccc(-c4cc5c(s4)CN(Cc4cnc(C)[nH]4)CC5)cc3c2C(C)C)cc(C)n1. The Balaban J connectivity index is 1.34. The zero-order valence-corrected chi connectivity index (χ0v) is 22.5. The molecule has 0 spiro atoms. The van der Waals surface area contributed by atoms with Crippen LogP contribution in [0.4, 0.5) is 0 Å². The predicted octanol–water partition coefficient (Wildman–Crippen LogP) is 7.29. The molecule has 0 amide bonds. The fraction of sp³-hybridized carbons (Fsp3) is 0.333. The van der Waals surface area contributed by atoms with Crippen LogP contribution in [-0.2, 0) is 19.5 Å². The van der Waals surface area contributed by atoms with Gasteiger partial charge in [-0.15, -0.1) is 11.3 Å². The van der Waals surface area contributed by atoms with Crippen LogP contribution in [-0.4, -0.2) is 31.4 Å². The lowest BCUT2D eigenvalue weighted by molar-refractivity contribution is 0.246. The van der Waals surface area contributed by atoms with Gasteiger partial charge >= 0.3 is 0 Å². The van der Waals surface area contributed by atoms with Gasteiger partial charge in [-0.05, 0) is 80.1 Å². The van der Waals surface area contributed by atoms with Crippen LogP contribution in [0.1, 0.15) is 58.7 Å². The summed E-state index contributed by atoms with van der Waals surface area (Å²) in [4.78, 5) is 21.4. The van der Waals surface area contributed by atoms with Gasteiger partial charge in [-0.2, -0.15) is 0 Å². The smallest absolute Gasteiger partial charge is 0.103 e. The van der Waals surface area contributed by atoms with E-state index in [9.17, 15) is 0 Å². The summed E-state index contributed by atoms with van der Waals surface area (Å²) in [5, 5.41) is 1.33. The van der Waals surface area contributed by atoms with E-state index in [1.54, 1.807) is 0 Å². The Morgan fingerprint density at radius 3 is 2.53 bits per heavy atom. The third-order valence-electron chi connectivity index (χ3n) is 7.18. The first kappa shape index (κ1) is 23.2. The maximum Gasteiger partial charge on any atom is 0.103 e. The number of hydrogen-bond donors (Lipinski definition) is 2. The molecular weight excluding hydrogens is 462 g/mol. The van der Waals surface area contributed by atoms with Crippen LogP contribution in [0.2, 0.25) is 0 Å². The summed E-state index contributed by atoms with van der Waals surface area (Å²) in [5.41, 5.74) is 11.2. The predicted molar refractivity (Wildman–Crippen MR) is 150 cm³/mol. The number of thiophene rings is 1. The van der Waals surface area contributed by atoms with E-state index in [0.717, 1.165) is 43.3 Å². The summed E-state index contributed by atoms with van der Waals surface area (Å²) in [7, 11) is 0. The molecule has 6 rings (SSSR count). The third kappa shape index (κ3) is 4.29. The molecule has 0 saturated heterocycles. The van der Waals surface area contributed by atoms with Crippen molar-refractivity contribution in [1.29, 1.82) is 0 Å². The largest absolute Gasteiger partial charge is 0.354 e. The van der Waals surface area contributed by atoms with Crippen LogP contribution in [0.3, 0.4) is 0 Å². The fourth-order valence-electron chi connectivity index (χ4n) is 5.61. The van der Waals surface area contributed by atoms with Gasteiger partial charge in [0.25, 0.3) is 0 Å². The molecule has 5 nitrogen and oxygen atoms in total. The highest BCUT2D eigenvalue weighted by Gasteiger charge is 2.22. The van der Waals surface area contributed by atoms with Crippen molar-refractivity contribution in [2.45, 2.75) is 60.0 Å². The highest BCUT2D eigenvalue weighted by molar-refractivity contribution is 7.15. The Bertz CT molecular complexity index is 1550. The highest BCUT2D eigenvalue weighted by atomic mass is 32.1. The lowest BCUT2D eigenvalue weighted by Crippen LogP contribution is -2.29. The second-order valence-electron chi connectivity index (χ2n) is 10.5. The fourth-order valence-corrected chi connectivity index (χ4v) is 6.87.